The first kappa shape index (κ1) is 34.3. The van der Waals surface area contributed by atoms with Crippen LogP contribution in [0, 0.1) is 11.3 Å². The first-order valence-electron chi connectivity index (χ1n) is 15.9. The molecule has 1 fully saturated rings. The number of pyridine rings is 1. The van der Waals surface area contributed by atoms with E-state index in [1.807, 2.05) is 6.07 Å². The first-order valence-corrected chi connectivity index (χ1v) is 17.5. The number of benzene rings is 3. The molecule has 0 aliphatic heterocycles. The number of primary sulfonamides is 1. The number of hydrogen-bond acceptors (Lipinski definition) is 7. The third-order valence-corrected chi connectivity index (χ3v) is 9.30. The van der Waals surface area contributed by atoms with Gasteiger partial charge in [-0.25, -0.2) is 23.1 Å². The molecule has 5 rings (SSSR count). The van der Waals surface area contributed by atoms with E-state index in [-0.39, 0.29) is 16.8 Å². The number of amides is 3. The molecule has 48 heavy (non-hydrogen) atoms. The van der Waals surface area contributed by atoms with Gasteiger partial charge >= 0.3 is 12.1 Å². The van der Waals surface area contributed by atoms with E-state index >= 15 is 0 Å². The van der Waals surface area contributed by atoms with E-state index in [4.69, 9.17) is 15.3 Å². The van der Waals surface area contributed by atoms with Crippen molar-refractivity contribution in [2.45, 2.75) is 56.6 Å². The molecule has 1 aliphatic carbocycles. The molecule has 0 bridgehead atoms. The van der Waals surface area contributed by atoms with Gasteiger partial charge in [-0.2, -0.15) is 0 Å². The zero-order valence-electron chi connectivity index (χ0n) is 26.8. The SMILES string of the molecule is CC(OC(=O)NC(=N)c1cccc(CN(CC2CCCCC2)C(=O)Nc2ccc(-c3ccccc3S(N)(=O)=O)cc2)c1)c1ccccn1. The highest BCUT2D eigenvalue weighted by molar-refractivity contribution is 7.89. The number of nitrogens with zero attached hydrogens (tertiary/aromatic N) is 2. The summed E-state index contributed by atoms with van der Waals surface area (Å²) in [4.78, 5) is 32.2. The van der Waals surface area contributed by atoms with Gasteiger partial charge in [0.05, 0.1) is 10.6 Å². The molecule has 1 aromatic heterocycles. The molecule has 3 amide bonds. The summed E-state index contributed by atoms with van der Waals surface area (Å²) in [6.45, 7) is 2.58. The van der Waals surface area contributed by atoms with Crippen LogP contribution < -0.4 is 15.8 Å². The van der Waals surface area contributed by atoms with Crippen LogP contribution in [0.3, 0.4) is 0 Å². The molecule has 1 atom stereocenters. The maximum atomic E-state index is 13.7. The number of amidine groups is 1. The van der Waals surface area contributed by atoms with Crippen LogP contribution in [0.1, 0.15) is 62.0 Å². The molecular weight excluding hydrogens is 628 g/mol. The van der Waals surface area contributed by atoms with Crippen molar-refractivity contribution in [2.24, 2.45) is 11.1 Å². The summed E-state index contributed by atoms with van der Waals surface area (Å²) < 4.78 is 29.6. The molecular formula is C36H40N6O5S. The lowest BCUT2D eigenvalue weighted by molar-refractivity contribution is 0.110. The first-order chi connectivity index (χ1) is 23.1. The van der Waals surface area contributed by atoms with Gasteiger partial charge in [-0.1, -0.05) is 73.9 Å². The third-order valence-electron chi connectivity index (χ3n) is 8.34. The average molecular weight is 669 g/mol. The maximum absolute atomic E-state index is 13.7. The molecule has 250 valence electrons. The van der Waals surface area contributed by atoms with Crippen LogP contribution in [0.25, 0.3) is 11.1 Å². The standard InChI is InChI=1S/C36H40N6O5S/c1-25(32-15-7-8-21-39-32)47-36(44)41-34(37)29-13-9-12-27(22-29)24-42(23-26-10-3-2-4-11-26)35(43)40-30-19-17-28(18-20-30)31-14-5-6-16-33(31)48(38,45)46/h5-9,12-22,25-26H,2-4,10-11,23-24H2,1H3,(H,40,43)(H2,37,41,44)(H2,38,45,46). The number of anilines is 1. The Bertz CT molecular complexity index is 1840. The molecule has 4 aromatic rings. The Morgan fingerprint density at radius 1 is 0.979 bits per heavy atom. The van der Waals surface area contributed by atoms with E-state index in [9.17, 15) is 18.0 Å². The zero-order valence-corrected chi connectivity index (χ0v) is 27.6. The summed E-state index contributed by atoms with van der Waals surface area (Å²) in [6, 6.07) is 25.7. The van der Waals surface area contributed by atoms with Gasteiger partial charge < -0.3 is 15.0 Å². The Kier molecular flexibility index (Phi) is 11.2. The summed E-state index contributed by atoms with van der Waals surface area (Å²) in [7, 11) is -3.91. The van der Waals surface area contributed by atoms with E-state index in [1.54, 1.807) is 96.9 Å². The quantitative estimate of drug-likeness (QED) is 0.107. The van der Waals surface area contributed by atoms with Crippen molar-refractivity contribution in [3.63, 3.8) is 0 Å². The number of rotatable bonds is 10. The Balaban J connectivity index is 1.27. The Morgan fingerprint density at radius 3 is 2.42 bits per heavy atom. The second kappa shape index (κ2) is 15.7. The van der Waals surface area contributed by atoms with Crippen LogP contribution >= 0.6 is 0 Å². The topological polar surface area (TPSA) is 168 Å². The van der Waals surface area contributed by atoms with Gasteiger partial charge in [0.25, 0.3) is 0 Å². The van der Waals surface area contributed by atoms with E-state index in [2.05, 4.69) is 15.6 Å². The predicted octanol–water partition coefficient (Wildman–Crippen LogP) is 6.82. The second-order valence-electron chi connectivity index (χ2n) is 11.9. The Labute approximate surface area is 281 Å². The van der Waals surface area contributed by atoms with Gasteiger partial charge in [-0.05, 0) is 73.2 Å². The fourth-order valence-electron chi connectivity index (χ4n) is 5.88. The van der Waals surface area contributed by atoms with E-state index in [0.29, 0.717) is 47.1 Å². The number of nitrogens with one attached hydrogen (secondary N) is 3. The third kappa shape index (κ3) is 9.26. The van der Waals surface area contributed by atoms with Crippen LogP contribution in [0.5, 0.6) is 0 Å². The zero-order chi connectivity index (χ0) is 34.1. The number of alkyl carbamates (subject to hydrolysis) is 1. The van der Waals surface area contributed by atoms with E-state index in [0.717, 1.165) is 31.2 Å². The van der Waals surface area contributed by atoms with Crippen molar-refractivity contribution in [2.75, 3.05) is 11.9 Å². The van der Waals surface area contributed by atoms with Crippen molar-refractivity contribution < 1.29 is 22.7 Å². The fourth-order valence-corrected chi connectivity index (χ4v) is 6.64. The van der Waals surface area contributed by atoms with Gasteiger partial charge in [0.2, 0.25) is 10.0 Å². The Hall–Kier alpha value is -5.07. The minimum atomic E-state index is -3.91. The molecule has 1 unspecified atom stereocenters. The van der Waals surface area contributed by atoms with Gasteiger partial charge in [-0.15, -0.1) is 0 Å². The minimum Gasteiger partial charge on any atom is -0.440 e. The highest BCUT2D eigenvalue weighted by Crippen LogP contribution is 2.29. The van der Waals surface area contributed by atoms with Crippen LogP contribution in [-0.2, 0) is 21.3 Å². The Morgan fingerprint density at radius 2 is 1.71 bits per heavy atom. The summed E-state index contributed by atoms with van der Waals surface area (Å²) in [5, 5.41) is 19.4. The molecule has 1 heterocycles. The summed E-state index contributed by atoms with van der Waals surface area (Å²) in [6.07, 6.45) is 5.83. The summed E-state index contributed by atoms with van der Waals surface area (Å²) >= 11 is 0. The van der Waals surface area contributed by atoms with Crippen molar-refractivity contribution in [3.8, 4) is 11.1 Å². The van der Waals surface area contributed by atoms with Crippen LogP contribution in [-0.4, -0.2) is 42.8 Å². The highest BCUT2D eigenvalue weighted by Gasteiger charge is 2.23. The molecule has 11 nitrogen and oxygen atoms in total. The van der Waals surface area contributed by atoms with Gasteiger partial charge in [0, 0.05) is 36.1 Å². The van der Waals surface area contributed by atoms with Crippen molar-refractivity contribution in [1.29, 1.82) is 5.41 Å². The normalized spacial score (nSPS) is 14.0. The molecule has 1 aliphatic rings. The number of hydrogen-bond donors (Lipinski definition) is 4. The fraction of sp³-hybridized carbons (Fsp3) is 0.278. The number of ether oxygens (including phenoxy) is 1. The monoisotopic (exact) mass is 668 g/mol. The van der Waals surface area contributed by atoms with Gasteiger partial charge in [0.1, 0.15) is 11.9 Å². The second-order valence-corrected chi connectivity index (χ2v) is 13.5. The molecule has 5 N–H and O–H groups in total. The number of aromatic nitrogens is 1. The number of urea groups is 1. The highest BCUT2D eigenvalue weighted by atomic mass is 32.2. The van der Waals surface area contributed by atoms with E-state index in [1.165, 1.54) is 12.5 Å². The van der Waals surface area contributed by atoms with Crippen molar-refractivity contribution in [1.82, 2.24) is 15.2 Å². The average Bonchev–Trinajstić information content (AvgIpc) is 3.09. The molecule has 12 heteroatoms. The number of sulfonamides is 1. The van der Waals surface area contributed by atoms with Gasteiger partial charge in [-0.3, -0.25) is 15.7 Å². The van der Waals surface area contributed by atoms with Crippen LogP contribution in [0.2, 0.25) is 0 Å². The number of carbonyl (C=O) groups excluding carboxylic acids is 2. The molecule has 3 aromatic carbocycles. The lowest BCUT2D eigenvalue weighted by atomic mass is 9.89. The maximum Gasteiger partial charge on any atom is 0.413 e. The lowest BCUT2D eigenvalue weighted by Crippen LogP contribution is -2.38. The number of carbonyl (C=O) groups is 2. The van der Waals surface area contributed by atoms with Crippen molar-refractivity contribution >= 4 is 33.7 Å². The van der Waals surface area contributed by atoms with Crippen LogP contribution in [0.15, 0.2) is 102 Å². The summed E-state index contributed by atoms with van der Waals surface area (Å²) in [5.74, 6) is 0.253. The number of nitrogens with two attached hydrogens (primary N) is 1. The lowest BCUT2D eigenvalue weighted by Gasteiger charge is -2.30. The predicted molar refractivity (Wildman–Crippen MR) is 185 cm³/mol. The molecule has 0 saturated heterocycles. The largest absolute Gasteiger partial charge is 0.440 e. The smallest absolute Gasteiger partial charge is 0.413 e. The van der Waals surface area contributed by atoms with Crippen molar-refractivity contribution in [3.05, 3.63) is 114 Å². The summed E-state index contributed by atoms with van der Waals surface area (Å²) in [5.41, 5.74) is 3.57. The molecule has 1 saturated carbocycles. The minimum absolute atomic E-state index is 0.0295. The van der Waals surface area contributed by atoms with Crippen LogP contribution in [0.4, 0.5) is 15.3 Å². The molecule has 0 spiro atoms. The van der Waals surface area contributed by atoms with Gasteiger partial charge in [0.15, 0.2) is 0 Å². The molecule has 0 radical (unpaired) electrons. The van der Waals surface area contributed by atoms with E-state index < -0.39 is 22.2 Å².